The molecule has 0 fully saturated rings. The van der Waals surface area contributed by atoms with Crippen LogP contribution in [0.25, 0.3) is 10.1 Å². The highest BCUT2D eigenvalue weighted by Crippen LogP contribution is 2.17. The Bertz CT molecular complexity index is 331. The second-order valence-corrected chi connectivity index (χ2v) is 5.75. The molecule has 2 rings (SSSR count). The summed E-state index contributed by atoms with van der Waals surface area (Å²) < 4.78 is 3.06. The Morgan fingerprint density at radius 3 is 2.82 bits per heavy atom. The van der Waals surface area contributed by atoms with Gasteiger partial charge in [0.25, 0.3) is 0 Å². The summed E-state index contributed by atoms with van der Waals surface area (Å²) in [5.41, 5.74) is 0. The van der Waals surface area contributed by atoms with Gasteiger partial charge in [0.2, 0.25) is 0 Å². The summed E-state index contributed by atoms with van der Waals surface area (Å²) in [4.78, 5) is 0. The zero-order chi connectivity index (χ0) is 7.68. The fourth-order valence-corrected chi connectivity index (χ4v) is 3.54. The van der Waals surface area contributed by atoms with Crippen molar-refractivity contribution in [1.29, 1.82) is 0 Å². The summed E-state index contributed by atoms with van der Waals surface area (Å²) in [7, 11) is 0.0506. The highest BCUT2D eigenvalue weighted by molar-refractivity contribution is 7.27. The lowest BCUT2D eigenvalue weighted by molar-refractivity contribution is 1.86. The number of benzene rings is 1. The normalized spacial score (nSPS) is 11.7. The summed E-state index contributed by atoms with van der Waals surface area (Å²) in [5, 5.41) is 1.42. The summed E-state index contributed by atoms with van der Waals surface area (Å²) in [6.07, 6.45) is 0. The largest absolute Gasteiger partial charge is 0.146 e. The van der Waals surface area contributed by atoms with E-state index in [0.717, 1.165) is 0 Å². The molecule has 2 aromatic rings. The first-order valence-corrected chi connectivity index (χ1v) is 6.81. The van der Waals surface area contributed by atoms with Gasteiger partial charge in [0, 0.05) is 4.70 Å². The monoisotopic (exact) mass is 178 g/mol. The smallest absolute Gasteiger partial charge is 0.0646 e. The molecule has 0 radical (unpaired) electrons. The number of thiophene rings is 1. The molecule has 0 aliphatic carbocycles. The van der Waals surface area contributed by atoms with Crippen LogP contribution in [-0.4, -0.2) is 9.52 Å². The molecule has 0 amide bonds. The molecule has 0 spiro atoms. The first kappa shape index (κ1) is 7.07. The Balaban J connectivity index is 2.69. The highest BCUT2D eigenvalue weighted by atomic mass is 32.1. The van der Waals surface area contributed by atoms with Crippen LogP contribution in [-0.2, 0) is 0 Å². The van der Waals surface area contributed by atoms with Crippen molar-refractivity contribution in [3.05, 3.63) is 30.3 Å². The molecule has 11 heavy (non-hydrogen) atoms. The molecular weight excluding hydrogens is 168 g/mol. The van der Waals surface area contributed by atoms with Crippen molar-refractivity contribution in [3.8, 4) is 0 Å². The van der Waals surface area contributed by atoms with Gasteiger partial charge in [0.1, 0.15) is 0 Å². The average Bonchev–Trinajstić information content (AvgIpc) is 2.46. The van der Waals surface area contributed by atoms with Crippen molar-refractivity contribution in [2.45, 2.75) is 6.55 Å². The standard InChI is InChI=1S/C9H10SSi/c1-11-9-6-7-4-2-3-5-8(7)10-9/h2-6H,11H2,1H3. The zero-order valence-electron chi connectivity index (χ0n) is 6.50. The van der Waals surface area contributed by atoms with E-state index in [1.807, 2.05) is 11.3 Å². The van der Waals surface area contributed by atoms with Crippen LogP contribution >= 0.6 is 11.3 Å². The molecule has 0 N–H and O–H groups in total. The topological polar surface area (TPSA) is 0 Å². The molecule has 0 atom stereocenters. The van der Waals surface area contributed by atoms with Gasteiger partial charge in [-0.2, -0.15) is 0 Å². The molecular formula is C9H10SSi. The molecule has 1 aromatic carbocycles. The third-order valence-electron chi connectivity index (χ3n) is 1.83. The summed E-state index contributed by atoms with van der Waals surface area (Å²) in [6, 6.07) is 11.0. The van der Waals surface area contributed by atoms with E-state index in [-0.39, 0.29) is 9.52 Å². The van der Waals surface area contributed by atoms with Crippen molar-refractivity contribution in [2.75, 3.05) is 0 Å². The predicted molar refractivity (Wildman–Crippen MR) is 55.9 cm³/mol. The second kappa shape index (κ2) is 2.79. The van der Waals surface area contributed by atoms with Gasteiger partial charge in [-0.25, -0.2) is 0 Å². The van der Waals surface area contributed by atoms with Gasteiger partial charge in [-0.05, 0) is 22.0 Å². The minimum Gasteiger partial charge on any atom is -0.146 e. The van der Waals surface area contributed by atoms with Crippen LogP contribution in [0, 0.1) is 0 Å². The molecule has 56 valence electrons. The number of hydrogen-bond donors (Lipinski definition) is 0. The highest BCUT2D eigenvalue weighted by Gasteiger charge is 1.96. The predicted octanol–water partition coefficient (Wildman–Crippen LogP) is 1.74. The van der Waals surface area contributed by atoms with E-state index in [1.54, 1.807) is 4.50 Å². The SMILES string of the molecule is C[SiH2]c1cc2ccccc2s1. The lowest BCUT2D eigenvalue weighted by Gasteiger charge is -1.82. The Hall–Kier alpha value is -0.603. The minimum atomic E-state index is 0.0506. The maximum absolute atomic E-state index is 2.34. The maximum Gasteiger partial charge on any atom is 0.0646 e. The maximum atomic E-state index is 2.34. The fraction of sp³-hybridized carbons (Fsp3) is 0.111. The molecule has 1 aromatic heterocycles. The fourth-order valence-electron chi connectivity index (χ4n) is 1.21. The lowest BCUT2D eigenvalue weighted by Crippen LogP contribution is -2.01. The third-order valence-corrected chi connectivity index (χ3v) is 5.00. The van der Waals surface area contributed by atoms with Crippen LogP contribution < -0.4 is 4.50 Å². The summed E-state index contributed by atoms with van der Waals surface area (Å²) in [6.45, 7) is 2.34. The quantitative estimate of drug-likeness (QED) is 0.584. The molecule has 0 aliphatic rings. The first-order chi connectivity index (χ1) is 5.40. The van der Waals surface area contributed by atoms with Crippen molar-refractivity contribution in [3.63, 3.8) is 0 Å². The van der Waals surface area contributed by atoms with Crippen LogP contribution in [0.5, 0.6) is 0 Å². The van der Waals surface area contributed by atoms with Crippen LogP contribution in [0.4, 0.5) is 0 Å². The number of hydrogen-bond acceptors (Lipinski definition) is 1. The Morgan fingerprint density at radius 2 is 2.09 bits per heavy atom. The number of rotatable bonds is 1. The van der Waals surface area contributed by atoms with E-state index in [4.69, 9.17) is 0 Å². The van der Waals surface area contributed by atoms with E-state index in [1.165, 1.54) is 10.1 Å². The zero-order valence-corrected chi connectivity index (χ0v) is 8.73. The van der Waals surface area contributed by atoms with Crippen LogP contribution in [0.15, 0.2) is 30.3 Å². The second-order valence-electron chi connectivity index (χ2n) is 2.60. The molecule has 0 saturated carbocycles. The van der Waals surface area contributed by atoms with Crippen LogP contribution in [0.1, 0.15) is 0 Å². The third kappa shape index (κ3) is 1.24. The Labute approximate surface area is 72.7 Å². The van der Waals surface area contributed by atoms with Crippen molar-refractivity contribution < 1.29 is 0 Å². The van der Waals surface area contributed by atoms with Gasteiger partial charge < -0.3 is 0 Å². The van der Waals surface area contributed by atoms with Gasteiger partial charge in [-0.3, -0.25) is 0 Å². The molecule has 1 heterocycles. The summed E-state index contributed by atoms with van der Waals surface area (Å²) in [5.74, 6) is 0. The van der Waals surface area contributed by atoms with Gasteiger partial charge in [-0.15, -0.1) is 11.3 Å². The van der Waals surface area contributed by atoms with Crippen molar-refractivity contribution in [2.24, 2.45) is 0 Å². The van der Waals surface area contributed by atoms with Crippen molar-refractivity contribution >= 4 is 35.4 Å². The molecule has 0 unspecified atom stereocenters. The Kier molecular flexibility index (Phi) is 1.80. The molecule has 0 aliphatic heterocycles. The van der Waals surface area contributed by atoms with E-state index in [0.29, 0.717) is 0 Å². The van der Waals surface area contributed by atoms with Gasteiger partial charge >= 0.3 is 0 Å². The van der Waals surface area contributed by atoms with Gasteiger partial charge in [0.15, 0.2) is 0 Å². The number of fused-ring (bicyclic) bond motifs is 1. The van der Waals surface area contributed by atoms with Gasteiger partial charge in [0.05, 0.1) is 9.52 Å². The van der Waals surface area contributed by atoms with E-state index in [2.05, 4.69) is 36.9 Å². The molecule has 0 saturated heterocycles. The van der Waals surface area contributed by atoms with Crippen LogP contribution in [0.2, 0.25) is 6.55 Å². The van der Waals surface area contributed by atoms with E-state index < -0.39 is 0 Å². The van der Waals surface area contributed by atoms with Crippen molar-refractivity contribution in [1.82, 2.24) is 0 Å². The summed E-state index contributed by atoms with van der Waals surface area (Å²) >= 11 is 1.96. The lowest BCUT2D eigenvalue weighted by atomic mass is 10.3. The Morgan fingerprint density at radius 1 is 1.27 bits per heavy atom. The minimum absolute atomic E-state index is 0.0506. The molecule has 0 nitrogen and oxygen atoms in total. The molecule has 0 bridgehead atoms. The molecule has 2 heteroatoms. The van der Waals surface area contributed by atoms with Gasteiger partial charge in [-0.1, -0.05) is 24.7 Å². The van der Waals surface area contributed by atoms with Crippen LogP contribution in [0.3, 0.4) is 0 Å². The van der Waals surface area contributed by atoms with E-state index in [9.17, 15) is 0 Å². The average molecular weight is 178 g/mol. The first-order valence-electron chi connectivity index (χ1n) is 3.87. The van der Waals surface area contributed by atoms with E-state index >= 15 is 0 Å².